The zero-order valence-electron chi connectivity index (χ0n) is 23.6. The molecule has 0 aliphatic carbocycles. The van der Waals surface area contributed by atoms with E-state index in [-0.39, 0.29) is 0 Å². The molecule has 0 N–H and O–H groups in total. The number of aromatic nitrogens is 2. The van der Waals surface area contributed by atoms with Gasteiger partial charge in [-0.25, -0.2) is 0 Å². The molecule has 1 aliphatic heterocycles. The Morgan fingerprint density at radius 1 is 0.537 bits per heavy atom. The van der Waals surface area contributed by atoms with Crippen molar-refractivity contribution >= 4 is 72.5 Å². The van der Waals surface area contributed by atoms with Gasteiger partial charge in [-0.05, 0) is 58.0 Å². The molecule has 1 aliphatic rings. The van der Waals surface area contributed by atoms with Crippen molar-refractivity contribution in [3.63, 3.8) is 0 Å². The van der Waals surface area contributed by atoms with Gasteiger partial charge in [0.05, 0.1) is 38.8 Å². The second-order valence-corrected chi connectivity index (χ2v) is 12.4. The first-order chi connectivity index (χ1) is 19.9. The number of hydrogen-bond acceptors (Lipinski definition) is 2. The highest BCUT2D eigenvalue weighted by Crippen LogP contribution is 2.46. The van der Waals surface area contributed by atoms with Crippen LogP contribution in [0.3, 0.4) is 0 Å². The van der Waals surface area contributed by atoms with Gasteiger partial charge in [0.15, 0.2) is 0 Å². The molecule has 0 amide bonds. The van der Waals surface area contributed by atoms with Crippen molar-refractivity contribution in [2.24, 2.45) is 0 Å². The van der Waals surface area contributed by atoms with E-state index in [1.807, 2.05) is 0 Å². The maximum Gasteiger partial charge on any atom is 0.497 e. The van der Waals surface area contributed by atoms with Gasteiger partial charge in [0.25, 0.3) is 0 Å². The van der Waals surface area contributed by atoms with Crippen molar-refractivity contribution < 1.29 is 9.31 Å². The standard InChI is InChI=1S/C36H29BN2O2/c1-35(2)36(3,4)41-37(40-35)28-18-12-17-25-31-33-26(21-27-24-16-9-11-20-30(24)39(32(25)28)34(27)31)23-15-8-10-19-29(23)38(33)22-13-6-5-7-14-22/h5-21H,1-4H3. The Bertz CT molecular complexity index is 2310. The summed E-state index contributed by atoms with van der Waals surface area (Å²) in [6, 6.07) is 37.3. The molecule has 3 aromatic heterocycles. The molecule has 4 heterocycles. The average molecular weight is 532 g/mol. The van der Waals surface area contributed by atoms with Crippen LogP contribution in [0.2, 0.25) is 0 Å². The zero-order valence-corrected chi connectivity index (χ0v) is 23.6. The van der Waals surface area contributed by atoms with Gasteiger partial charge in [-0.2, -0.15) is 0 Å². The van der Waals surface area contributed by atoms with E-state index in [2.05, 4.69) is 140 Å². The van der Waals surface area contributed by atoms with E-state index in [9.17, 15) is 0 Å². The van der Waals surface area contributed by atoms with Crippen molar-refractivity contribution in [1.29, 1.82) is 0 Å². The topological polar surface area (TPSA) is 27.8 Å². The van der Waals surface area contributed by atoms with E-state index in [0.717, 1.165) is 16.7 Å². The first-order valence-corrected chi connectivity index (χ1v) is 14.4. The van der Waals surface area contributed by atoms with Gasteiger partial charge >= 0.3 is 7.12 Å². The lowest BCUT2D eigenvalue weighted by Crippen LogP contribution is -2.41. The fourth-order valence-electron chi connectivity index (χ4n) is 7.08. The Hall–Kier alpha value is -4.32. The molecular formula is C36H29BN2O2. The van der Waals surface area contributed by atoms with Crippen molar-refractivity contribution in [3.8, 4) is 5.69 Å². The summed E-state index contributed by atoms with van der Waals surface area (Å²) in [5.74, 6) is 0. The highest BCUT2D eigenvalue weighted by Gasteiger charge is 2.52. The number of rotatable bonds is 2. The fourth-order valence-corrected chi connectivity index (χ4v) is 7.08. The third-order valence-electron chi connectivity index (χ3n) is 9.67. The molecule has 8 aromatic rings. The number of benzene rings is 5. The van der Waals surface area contributed by atoms with Gasteiger partial charge in [-0.1, -0.05) is 72.8 Å². The van der Waals surface area contributed by atoms with Gasteiger partial charge in [-0.3, -0.25) is 0 Å². The molecule has 0 atom stereocenters. The first-order valence-electron chi connectivity index (χ1n) is 14.4. The molecule has 41 heavy (non-hydrogen) atoms. The van der Waals surface area contributed by atoms with Gasteiger partial charge in [0.2, 0.25) is 0 Å². The van der Waals surface area contributed by atoms with Crippen LogP contribution in [0.25, 0.3) is 65.6 Å². The molecule has 5 heteroatoms. The summed E-state index contributed by atoms with van der Waals surface area (Å²) >= 11 is 0. The molecule has 1 saturated heterocycles. The number of para-hydroxylation sites is 4. The van der Waals surface area contributed by atoms with Crippen LogP contribution in [0, 0.1) is 0 Å². The molecule has 0 saturated carbocycles. The van der Waals surface area contributed by atoms with Crippen molar-refractivity contribution in [2.45, 2.75) is 38.9 Å². The molecule has 0 bridgehead atoms. The second kappa shape index (κ2) is 7.70. The summed E-state index contributed by atoms with van der Waals surface area (Å²) in [6.45, 7) is 8.48. The van der Waals surface area contributed by atoms with Crippen LogP contribution >= 0.6 is 0 Å². The Morgan fingerprint density at radius 3 is 1.85 bits per heavy atom. The van der Waals surface area contributed by atoms with E-state index in [1.54, 1.807) is 0 Å². The van der Waals surface area contributed by atoms with Crippen LogP contribution in [0.15, 0.2) is 103 Å². The maximum atomic E-state index is 6.65. The molecule has 0 spiro atoms. The van der Waals surface area contributed by atoms with Gasteiger partial charge < -0.3 is 18.3 Å². The van der Waals surface area contributed by atoms with Crippen LogP contribution in [-0.4, -0.2) is 27.3 Å². The number of hydrogen-bond donors (Lipinski definition) is 0. The summed E-state index contributed by atoms with van der Waals surface area (Å²) in [7, 11) is -0.462. The van der Waals surface area contributed by atoms with E-state index in [4.69, 9.17) is 9.31 Å². The normalized spacial score (nSPS) is 16.9. The minimum absolute atomic E-state index is 0.424. The maximum absolute atomic E-state index is 6.65. The minimum Gasteiger partial charge on any atom is -0.399 e. The van der Waals surface area contributed by atoms with Gasteiger partial charge in [-0.15, -0.1) is 0 Å². The molecule has 0 radical (unpaired) electrons. The molecule has 9 rings (SSSR count). The van der Waals surface area contributed by atoms with E-state index >= 15 is 0 Å². The van der Waals surface area contributed by atoms with Gasteiger partial charge in [0, 0.05) is 43.5 Å². The van der Waals surface area contributed by atoms with Crippen molar-refractivity contribution in [3.05, 3.63) is 103 Å². The smallest absolute Gasteiger partial charge is 0.399 e. The summed E-state index contributed by atoms with van der Waals surface area (Å²) in [4.78, 5) is 0. The second-order valence-electron chi connectivity index (χ2n) is 12.4. The van der Waals surface area contributed by atoms with E-state index in [0.29, 0.717) is 0 Å². The quantitative estimate of drug-likeness (QED) is 0.210. The summed E-state index contributed by atoms with van der Waals surface area (Å²) in [6.07, 6.45) is 0. The van der Waals surface area contributed by atoms with E-state index < -0.39 is 18.3 Å². The SMILES string of the molecule is CC1(C)OB(c2cccc3c4c5c(cc6c7ccccc7n(c23)c64)c2ccccc2n5-c2ccccc2)OC1(C)C. The number of nitrogens with zero attached hydrogens (tertiary/aromatic N) is 2. The molecular weight excluding hydrogens is 503 g/mol. The Labute approximate surface area is 238 Å². The van der Waals surface area contributed by atoms with Crippen LogP contribution in [0.1, 0.15) is 27.7 Å². The number of fused-ring (bicyclic) bond motifs is 10. The minimum atomic E-state index is -0.462. The highest BCUT2D eigenvalue weighted by atomic mass is 16.7. The summed E-state index contributed by atoms with van der Waals surface area (Å²) in [5, 5.41) is 7.54. The predicted molar refractivity (Wildman–Crippen MR) is 171 cm³/mol. The molecule has 1 fully saturated rings. The van der Waals surface area contributed by atoms with Crippen LogP contribution in [0.5, 0.6) is 0 Å². The third kappa shape index (κ3) is 2.87. The van der Waals surface area contributed by atoms with Crippen LogP contribution in [-0.2, 0) is 9.31 Å². The third-order valence-corrected chi connectivity index (χ3v) is 9.67. The largest absolute Gasteiger partial charge is 0.497 e. The first kappa shape index (κ1) is 23.4. The Balaban J connectivity index is 1.54. The highest BCUT2D eigenvalue weighted by molar-refractivity contribution is 6.65. The Kier molecular flexibility index (Phi) is 4.39. The van der Waals surface area contributed by atoms with Crippen LogP contribution < -0.4 is 5.46 Å². The lowest BCUT2D eigenvalue weighted by molar-refractivity contribution is 0.00578. The Morgan fingerprint density at radius 2 is 1.12 bits per heavy atom. The molecule has 4 nitrogen and oxygen atoms in total. The average Bonchev–Trinajstić information content (AvgIpc) is 3.66. The molecule has 198 valence electrons. The monoisotopic (exact) mass is 532 g/mol. The predicted octanol–water partition coefficient (Wildman–Crippen LogP) is 8.23. The summed E-state index contributed by atoms with van der Waals surface area (Å²) < 4.78 is 18.2. The summed E-state index contributed by atoms with van der Waals surface area (Å²) in [5.41, 5.74) is 7.43. The van der Waals surface area contributed by atoms with Gasteiger partial charge in [0.1, 0.15) is 0 Å². The van der Waals surface area contributed by atoms with Crippen LogP contribution in [0.4, 0.5) is 0 Å². The lowest BCUT2D eigenvalue weighted by atomic mass is 9.77. The molecule has 5 aromatic carbocycles. The van der Waals surface area contributed by atoms with E-state index in [1.165, 1.54) is 54.4 Å². The fraction of sp³-hybridized carbons (Fsp3) is 0.167. The lowest BCUT2D eigenvalue weighted by Gasteiger charge is -2.32. The van der Waals surface area contributed by atoms with Crippen molar-refractivity contribution in [1.82, 2.24) is 8.97 Å². The zero-order chi connectivity index (χ0) is 27.7. The van der Waals surface area contributed by atoms with Crippen molar-refractivity contribution in [2.75, 3.05) is 0 Å². The molecule has 0 unspecified atom stereocenters.